The van der Waals surface area contributed by atoms with Crippen molar-refractivity contribution >= 4 is 28.3 Å². The van der Waals surface area contributed by atoms with Gasteiger partial charge in [0.15, 0.2) is 0 Å². The topological polar surface area (TPSA) is 55.4 Å². The average Bonchev–Trinajstić information content (AvgIpc) is 2.62. The monoisotopic (exact) mass is 337 g/mol. The summed E-state index contributed by atoms with van der Waals surface area (Å²) in [7, 11) is 1.28. The Morgan fingerprint density at radius 1 is 1.00 bits per heavy atom. The molecular weight excluding hydrogens is 321 g/mol. The van der Waals surface area contributed by atoms with Gasteiger partial charge in [-0.3, -0.25) is 4.79 Å². The maximum Gasteiger partial charge on any atom is 0.339 e. The largest absolute Gasteiger partial charge is 0.465 e. The first kappa shape index (κ1) is 16.6. The zero-order valence-corrected chi connectivity index (χ0v) is 13.8. The third-order valence-corrected chi connectivity index (χ3v) is 3.96. The Bertz CT molecular complexity index is 982. The first-order chi connectivity index (χ1) is 12.0. The van der Waals surface area contributed by atoms with Crippen LogP contribution in [0.1, 0.15) is 26.3 Å². The van der Waals surface area contributed by atoms with Crippen molar-refractivity contribution in [2.75, 3.05) is 12.4 Å². The number of fused-ring (bicyclic) bond motifs is 1. The Morgan fingerprint density at radius 2 is 1.68 bits per heavy atom. The molecule has 1 amide bonds. The lowest BCUT2D eigenvalue weighted by Crippen LogP contribution is -2.15. The fraction of sp³-hybridized carbons (Fsp3) is 0.100. The van der Waals surface area contributed by atoms with E-state index in [0.29, 0.717) is 16.8 Å². The van der Waals surface area contributed by atoms with E-state index in [9.17, 15) is 14.0 Å². The SMILES string of the molecule is COC(=O)c1cc2ccccc2cc1NC(=O)c1ccc(F)c(C)c1. The highest BCUT2D eigenvalue weighted by Gasteiger charge is 2.16. The van der Waals surface area contributed by atoms with Crippen LogP contribution in [0.2, 0.25) is 0 Å². The predicted molar refractivity (Wildman–Crippen MR) is 94.4 cm³/mol. The molecule has 0 bridgehead atoms. The molecule has 0 saturated heterocycles. The Labute approximate surface area is 144 Å². The minimum absolute atomic E-state index is 0.258. The maximum atomic E-state index is 13.4. The van der Waals surface area contributed by atoms with E-state index in [0.717, 1.165) is 10.8 Å². The number of benzene rings is 3. The predicted octanol–water partition coefficient (Wildman–Crippen LogP) is 4.33. The summed E-state index contributed by atoms with van der Waals surface area (Å²) in [6.07, 6.45) is 0. The molecule has 3 aromatic rings. The average molecular weight is 337 g/mol. The molecule has 126 valence electrons. The van der Waals surface area contributed by atoms with E-state index in [-0.39, 0.29) is 11.4 Å². The van der Waals surface area contributed by atoms with Crippen LogP contribution in [0.3, 0.4) is 0 Å². The number of esters is 1. The molecule has 0 aliphatic heterocycles. The van der Waals surface area contributed by atoms with Gasteiger partial charge in [0.05, 0.1) is 18.4 Å². The molecule has 4 nitrogen and oxygen atoms in total. The van der Waals surface area contributed by atoms with Crippen LogP contribution < -0.4 is 5.32 Å². The summed E-state index contributed by atoms with van der Waals surface area (Å²) in [5.41, 5.74) is 1.29. The Kier molecular flexibility index (Phi) is 4.48. The summed E-state index contributed by atoms with van der Waals surface area (Å²) in [6, 6.07) is 15.0. The van der Waals surface area contributed by atoms with Gasteiger partial charge in [0.1, 0.15) is 5.82 Å². The summed E-state index contributed by atoms with van der Waals surface area (Å²) in [4.78, 5) is 24.6. The quantitative estimate of drug-likeness (QED) is 0.724. The number of hydrogen-bond acceptors (Lipinski definition) is 3. The van der Waals surface area contributed by atoms with E-state index < -0.39 is 11.9 Å². The summed E-state index contributed by atoms with van der Waals surface area (Å²) in [5, 5.41) is 4.45. The number of hydrogen-bond donors (Lipinski definition) is 1. The first-order valence-corrected chi connectivity index (χ1v) is 7.68. The molecular formula is C20H16FNO3. The van der Waals surface area contributed by atoms with Crippen LogP contribution in [0.5, 0.6) is 0 Å². The van der Waals surface area contributed by atoms with Gasteiger partial charge in [-0.2, -0.15) is 0 Å². The summed E-state index contributed by atoms with van der Waals surface area (Å²) < 4.78 is 18.2. The van der Waals surface area contributed by atoms with Gasteiger partial charge >= 0.3 is 5.97 Å². The van der Waals surface area contributed by atoms with E-state index >= 15 is 0 Å². The zero-order chi connectivity index (χ0) is 18.0. The van der Waals surface area contributed by atoms with Gasteiger partial charge in [0.2, 0.25) is 0 Å². The number of nitrogens with one attached hydrogen (secondary N) is 1. The van der Waals surface area contributed by atoms with Gasteiger partial charge in [-0.1, -0.05) is 24.3 Å². The van der Waals surface area contributed by atoms with Crippen molar-refractivity contribution in [1.29, 1.82) is 0 Å². The standard InChI is InChI=1S/C20H16FNO3/c1-12-9-15(7-8-17(12)21)19(23)22-18-11-14-6-4-3-5-13(14)10-16(18)20(24)25-2/h3-11H,1-2H3,(H,22,23). The van der Waals surface area contributed by atoms with E-state index in [4.69, 9.17) is 4.74 Å². The van der Waals surface area contributed by atoms with Crippen LogP contribution in [0, 0.1) is 12.7 Å². The second kappa shape index (κ2) is 6.73. The molecule has 0 radical (unpaired) electrons. The Balaban J connectivity index is 2.02. The van der Waals surface area contributed by atoms with E-state index in [1.807, 2.05) is 24.3 Å². The highest BCUT2D eigenvalue weighted by molar-refractivity contribution is 6.10. The van der Waals surface area contributed by atoms with Crippen molar-refractivity contribution in [3.63, 3.8) is 0 Å². The maximum absolute atomic E-state index is 13.4. The highest BCUT2D eigenvalue weighted by Crippen LogP contribution is 2.25. The van der Waals surface area contributed by atoms with Gasteiger partial charge in [0.25, 0.3) is 5.91 Å². The first-order valence-electron chi connectivity index (χ1n) is 7.68. The second-order valence-corrected chi connectivity index (χ2v) is 5.65. The van der Waals surface area contributed by atoms with Crippen molar-refractivity contribution < 1.29 is 18.7 Å². The number of anilines is 1. The van der Waals surface area contributed by atoms with Crippen LogP contribution in [0.25, 0.3) is 10.8 Å². The molecule has 1 N–H and O–H groups in total. The number of amides is 1. The molecule has 0 heterocycles. The van der Waals surface area contributed by atoms with Gasteiger partial charge < -0.3 is 10.1 Å². The molecule has 0 aliphatic carbocycles. The fourth-order valence-electron chi connectivity index (χ4n) is 2.60. The van der Waals surface area contributed by atoms with Gasteiger partial charge in [-0.25, -0.2) is 9.18 Å². The second-order valence-electron chi connectivity index (χ2n) is 5.65. The minimum Gasteiger partial charge on any atom is -0.465 e. The molecule has 0 atom stereocenters. The molecule has 0 aliphatic rings. The lowest BCUT2D eigenvalue weighted by molar-refractivity contribution is 0.0602. The third-order valence-electron chi connectivity index (χ3n) is 3.96. The van der Waals surface area contributed by atoms with Crippen molar-refractivity contribution in [2.24, 2.45) is 0 Å². The summed E-state index contributed by atoms with van der Waals surface area (Å²) in [5.74, 6) is -1.35. The Morgan fingerprint density at radius 3 is 2.32 bits per heavy atom. The zero-order valence-electron chi connectivity index (χ0n) is 13.8. The minimum atomic E-state index is -0.545. The normalized spacial score (nSPS) is 10.5. The number of rotatable bonds is 3. The summed E-state index contributed by atoms with van der Waals surface area (Å²) in [6.45, 7) is 1.59. The van der Waals surface area contributed by atoms with Gasteiger partial charge in [0, 0.05) is 5.56 Å². The number of carbonyl (C=O) groups is 2. The third kappa shape index (κ3) is 3.35. The van der Waals surface area contributed by atoms with Crippen LogP contribution in [-0.4, -0.2) is 19.0 Å². The molecule has 5 heteroatoms. The smallest absolute Gasteiger partial charge is 0.339 e. The molecule has 0 aromatic heterocycles. The van der Waals surface area contributed by atoms with Crippen LogP contribution >= 0.6 is 0 Å². The van der Waals surface area contributed by atoms with E-state index in [1.54, 1.807) is 19.1 Å². The van der Waals surface area contributed by atoms with Crippen LogP contribution in [-0.2, 0) is 4.74 Å². The van der Waals surface area contributed by atoms with Crippen molar-refractivity contribution in [3.05, 3.63) is 77.1 Å². The van der Waals surface area contributed by atoms with Crippen molar-refractivity contribution in [2.45, 2.75) is 6.92 Å². The van der Waals surface area contributed by atoms with Gasteiger partial charge in [-0.15, -0.1) is 0 Å². The number of halogens is 1. The van der Waals surface area contributed by atoms with Gasteiger partial charge in [-0.05, 0) is 53.6 Å². The van der Waals surface area contributed by atoms with Crippen LogP contribution in [0.4, 0.5) is 10.1 Å². The lowest BCUT2D eigenvalue weighted by Gasteiger charge is -2.12. The molecule has 0 unspecified atom stereocenters. The van der Waals surface area contributed by atoms with Crippen LogP contribution in [0.15, 0.2) is 54.6 Å². The molecule has 25 heavy (non-hydrogen) atoms. The fourth-order valence-corrected chi connectivity index (χ4v) is 2.60. The van der Waals surface area contributed by atoms with E-state index in [2.05, 4.69) is 5.32 Å². The number of ether oxygens (including phenoxy) is 1. The lowest BCUT2D eigenvalue weighted by atomic mass is 10.0. The Hall–Kier alpha value is -3.21. The van der Waals surface area contributed by atoms with Crippen molar-refractivity contribution in [3.8, 4) is 0 Å². The number of methoxy groups -OCH3 is 1. The molecule has 3 rings (SSSR count). The number of carbonyl (C=O) groups excluding carboxylic acids is 2. The highest BCUT2D eigenvalue weighted by atomic mass is 19.1. The molecule has 3 aromatic carbocycles. The number of aryl methyl sites for hydroxylation is 1. The van der Waals surface area contributed by atoms with E-state index in [1.165, 1.54) is 25.3 Å². The molecule has 0 fully saturated rings. The molecule has 0 saturated carbocycles. The summed E-state index contributed by atoms with van der Waals surface area (Å²) >= 11 is 0. The molecule has 0 spiro atoms. The van der Waals surface area contributed by atoms with Crippen molar-refractivity contribution in [1.82, 2.24) is 0 Å².